The Hall–Kier alpha value is -2.24. The van der Waals surface area contributed by atoms with Gasteiger partial charge < -0.3 is 10.5 Å². The summed E-state index contributed by atoms with van der Waals surface area (Å²) in [5, 5.41) is 0. The van der Waals surface area contributed by atoms with Gasteiger partial charge in [-0.1, -0.05) is 19.1 Å². The van der Waals surface area contributed by atoms with Gasteiger partial charge in [0.1, 0.15) is 11.6 Å². The van der Waals surface area contributed by atoms with Crippen LogP contribution >= 0.6 is 0 Å². The zero-order chi connectivity index (χ0) is 14.8. The van der Waals surface area contributed by atoms with Gasteiger partial charge in [-0.2, -0.15) is 0 Å². The first-order valence-corrected chi connectivity index (χ1v) is 6.00. The fourth-order valence-corrected chi connectivity index (χ4v) is 1.91. The fourth-order valence-electron chi connectivity index (χ4n) is 1.91. The van der Waals surface area contributed by atoms with Gasteiger partial charge in [0.05, 0.1) is 5.69 Å². The number of hydrogen-bond donors (Lipinski definition) is 1. The standard InChI is InChI=1S/C14H13F3N2O/c1-2-12-11(6-7-13(18)19-12)9-4-3-5-10(8-9)20-14(15,16)17/h3-8H,2H2,1H3,(H2,18,19). The molecule has 1 aromatic heterocycles. The molecule has 2 aromatic rings. The third kappa shape index (κ3) is 3.40. The van der Waals surface area contributed by atoms with Crippen LogP contribution in [0.15, 0.2) is 36.4 Å². The van der Waals surface area contributed by atoms with Gasteiger partial charge in [0.15, 0.2) is 0 Å². The summed E-state index contributed by atoms with van der Waals surface area (Å²) in [4.78, 5) is 4.19. The van der Waals surface area contributed by atoms with Crippen LogP contribution in [0.3, 0.4) is 0 Å². The second-order valence-electron chi connectivity index (χ2n) is 4.16. The van der Waals surface area contributed by atoms with Gasteiger partial charge in [-0.05, 0) is 36.2 Å². The van der Waals surface area contributed by atoms with Crippen molar-refractivity contribution in [3.8, 4) is 16.9 Å². The molecular formula is C14H13F3N2O. The Morgan fingerprint density at radius 2 is 1.95 bits per heavy atom. The predicted octanol–water partition coefficient (Wildman–Crippen LogP) is 3.79. The monoisotopic (exact) mass is 282 g/mol. The topological polar surface area (TPSA) is 48.1 Å². The zero-order valence-corrected chi connectivity index (χ0v) is 10.7. The largest absolute Gasteiger partial charge is 0.573 e. The van der Waals surface area contributed by atoms with E-state index in [1.54, 1.807) is 18.2 Å². The summed E-state index contributed by atoms with van der Waals surface area (Å²) < 4.78 is 40.6. The van der Waals surface area contributed by atoms with E-state index in [1.807, 2.05) is 6.92 Å². The number of ether oxygens (including phenoxy) is 1. The highest BCUT2D eigenvalue weighted by atomic mass is 19.4. The third-order valence-corrected chi connectivity index (χ3v) is 2.71. The number of halogens is 3. The Labute approximate surface area is 114 Å². The summed E-state index contributed by atoms with van der Waals surface area (Å²) in [6.45, 7) is 1.90. The van der Waals surface area contributed by atoms with Crippen LogP contribution in [0.25, 0.3) is 11.1 Å². The molecule has 0 aliphatic heterocycles. The molecule has 0 atom stereocenters. The van der Waals surface area contributed by atoms with Crippen molar-refractivity contribution in [3.63, 3.8) is 0 Å². The maximum Gasteiger partial charge on any atom is 0.573 e. The molecule has 0 spiro atoms. The first-order valence-electron chi connectivity index (χ1n) is 6.00. The summed E-state index contributed by atoms with van der Waals surface area (Å²) in [7, 11) is 0. The summed E-state index contributed by atoms with van der Waals surface area (Å²) in [6, 6.07) is 9.16. The van der Waals surface area contributed by atoms with E-state index in [1.165, 1.54) is 18.2 Å². The lowest BCUT2D eigenvalue weighted by molar-refractivity contribution is -0.274. The van der Waals surface area contributed by atoms with Crippen LogP contribution in [0.2, 0.25) is 0 Å². The molecule has 1 heterocycles. The molecular weight excluding hydrogens is 269 g/mol. The minimum atomic E-state index is -4.70. The summed E-state index contributed by atoms with van der Waals surface area (Å²) in [6.07, 6.45) is -4.07. The van der Waals surface area contributed by atoms with Crippen LogP contribution in [0.5, 0.6) is 5.75 Å². The number of aryl methyl sites for hydroxylation is 1. The number of aromatic nitrogens is 1. The number of rotatable bonds is 3. The molecule has 3 nitrogen and oxygen atoms in total. The van der Waals surface area contributed by atoms with E-state index < -0.39 is 6.36 Å². The van der Waals surface area contributed by atoms with Crippen molar-refractivity contribution < 1.29 is 17.9 Å². The molecule has 0 aliphatic rings. The van der Waals surface area contributed by atoms with Gasteiger partial charge in [0.2, 0.25) is 0 Å². The zero-order valence-electron chi connectivity index (χ0n) is 10.7. The number of pyridine rings is 1. The van der Waals surface area contributed by atoms with Gasteiger partial charge in [0.25, 0.3) is 0 Å². The van der Waals surface area contributed by atoms with Crippen molar-refractivity contribution in [2.24, 2.45) is 0 Å². The number of alkyl halides is 3. The minimum Gasteiger partial charge on any atom is -0.406 e. The Morgan fingerprint density at radius 3 is 2.60 bits per heavy atom. The number of nitrogen functional groups attached to an aromatic ring is 1. The van der Waals surface area contributed by atoms with Crippen LogP contribution in [0, 0.1) is 0 Å². The normalized spacial score (nSPS) is 11.4. The molecule has 0 aliphatic carbocycles. The lowest BCUT2D eigenvalue weighted by Gasteiger charge is -2.12. The van der Waals surface area contributed by atoms with E-state index in [4.69, 9.17) is 5.73 Å². The molecule has 106 valence electrons. The highest BCUT2D eigenvalue weighted by Gasteiger charge is 2.31. The first-order chi connectivity index (χ1) is 9.39. The van der Waals surface area contributed by atoms with Crippen LogP contribution < -0.4 is 10.5 Å². The summed E-state index contributed by atoms with van der Waals surface area (Å²) in [5.41, 5.74) is 7.69. The molecule has 6 heteroatoms. The highest BCUT2D eigenvalue weighted by molar-refractivity contribution is 5.68. The number of benzene rings is 1. The van der Waals surface area contributed by atoms with Crippen molar-refractivity contribution in [1.29, 1.82) is 0 Å². The van der Waals surface area contributed by atoms with E-state index >= 15 is 0 Å². The Kier molecular flexibility index (Phi) is 3.83. The SMILES string of the molecule is CCc1nc(N)ccc1-c1cccc(OC(F)(F)F)c1. The van der Waals surface area contributed by atoms with Gasteiger partial charge in [-0.15, -0.1) is 13.2 Å². The van der Waals surface area contributed by atoms with Gasteiger partial charge in [-0.3, -0.25) is 0 Å². The summed E-state index contributed by atoms with van der Waals surface area (Å²) >= 11 is 0. The number of anilines is 1. The van der Waals surface area contributed by atoms with E-state index in [0.29, 0.717) is 17.8 Å². The van der Waals surface area contributed by atoms with E-state index in [-0.39, 0.29) is 5.75 Å². The van der Waals surface area contributed by atoms with Crippen molar-refractivity contribution in [2.75, 3.05) is 5.73 Å². The maximum atomic E-state index is 12.2. The number of hydrogen-bond acceptors (Lipinski definition) is 3. The van der Waals surface area contributed by atoms with Gasteiger partial charge in [-0.25, -0.2) is 4.98 Å². The van der Waals surface area contributed by atoms with Crippen molar-refractivity contribution in [2.45, 2.75) is 19.7 Å². The van der Waals surface area contributed by atoms with Crippen LogP contribution in [-0.2, 0) is 6.42 Å². The van der Waals surface area contributed by atoms with Crippen molar-refractivity contribution >= 4 is 5.82 Å². The van der Waals surface area contributed by atoms with Crippen LogP contribution in [0.1, 0.15) is 12.6 Å². The first kappa shape index (κ1) is 14.2. The van der Waals surface area contributed by atoms with Crippen LogP contribution in [-0.4, -0.2) is 11.3 Å². The maximum absolute atomic E-state index is 12.2. The number of nitrogens with zero attached hydrogens (tertiary/aromatic N) is 1. The van der Waals surface area contributed by atoms with E-state index in [2.05, 4.69) is 9.72 Å². The van der Waals surface area contributed by atoms with Crippen molar-refractivity contribution in [1.82, 2.24) is 4.98 Å². The predicted molar refractivity (Wildman–Crippen MR) is 70.1 cm³/mol. The molecule has 1 aromatic carbocycles. The lowest BCUT2D eigenvalue weighted by atomic mass is 10.0. The second kappa shape index (κ2) is 5.40. The molecule has 0 unspecified atom stereocenters. The van der Waals surface area contributed by atoms with Crippen molar-refractivity contribution in [3.05, 3.63) is 42.1 Å². The van der Waals surface area contributed by atoms with Gasteiger partial charge in [0, 0.05) is 5.56 Å². The Bertz CT molecular complexity index is 612. The molecule has 0 amide bonds. The van der Waals surface area contributed by atoms with Gasteiger partial charge >= 0.3 is 6.36 Å². The van der Waals surface area contributed by atoms with Crippen LogP contribution in [0.4, 0.5) is 19.0 Å². The molecule has 0 saturated carbocycles. The highest BCUT2D eigenvalue weighted by Crippen LogP contribution is 2.29. The van der Waals surface area contributed by atoms with E-state index in [0.717, 1.165) is 11.3 Å². The smallest absolute Gasteiger partial charge is 0.406 e. The minimum absolute atomic E-state index is 0.256. The number of nitrogens with two attached hydrogens (primary N) is 1. The second-order valence-corrected chi connectivity index (χ2v) is 4.16. The third-order valence-electron chi connectivity index (χ3n) is 2.71. The lowest BCUT2D eigenvalue weighted by Crippen LogP contribution is -2.17. The quantitative estimate of drug-likeness (QED) is 0.931. The Morgan fingerprint density at radius 1 is 1.20 bits per heavy atom. The fraction of sp³-hybridized carbons (Fsp3) is 0.214. The summed E-state index contributed by atoms with van der Waals surface area (Å²) in [5.74, 6) is 0.127. The molecule has 2 rings (SSSR count). The molecule has 0 bridgehead atoms. The molecule has 2 N–H and O–H groups in total. The molecule has 0 saturated heterocycles. The molecule has 0 fully saturated rings. The van der Waals surface area contributed by atoms with E-state index in [9.17, 15) is 13.2 Å². The average Bonchev–Trinajstić information content (AvgIpc) is 2.36. The molecule has 0 radical (unpaired) electrons. The molecule has 20 heavy (non-hydrogen) atoms. The average molecular weight is 282 g/mol. The Balaban J connectivity index is 2.41.